The van der Waals surface area contributed by atoms with Crippen molar-refractivity contribution in [2.45, 2.75) is 33.6 Å². The minimum atomic E-state index is -0.462. The normalized spacial score (nSPS) is 11.1. The van der Waals surface area contributed by atoms with Crippen molar-refractivity contribution in [3.05, 3.63) is 69.4 Å². The summed E-state index contributed by atoms with van der Waals surface area (Å²) in [6.07, 6.45) is 2.19. The number of hydrogen-bond acceptors (Lipinski definition) is 7. The average Bonchev–Trinajstić information content (AvgIpc) is 3.34. The van der Waals surface area contributed by atoms with Gasteiger partial charge in [-0.05, 0) is 44.9 Å². The van der Waals surface area contributed by atoms with Crippen molar-refractivity contribution in [1.82, 2.24) is 29.4 Å². The molecular formula is C20H20N8O3. The zero-order valence-corrected chi connectivity index (χ0v) is 17.2. The van der Waals surface area contributed by atoms with Crippen LogP contribution in [-0.2, 0) is 11.2 Å². The maximum absolute atomic E-state index is 12.7. The highest BCUT2D eigenvalue weighted by molar-refractivity contribution is 5.90. The summed E-state index contributed by atoms with van der Waals surface area (Å²) >= 11 is 0. The van der Waals surface area contributed by atoms with E-state index in [-0.39, 0.29) is 18.0 Å². The Kier molecular flexibility index (Phi) is 5.15. The summed E-state index contributed by atoms with van der Waals surface area (Å²) in [6, 6.07) is 7.73. The number of nitro groups is 1. The van der Waals surface area contributed by atoms with Crippen molar-refractivity contribution >= 4 is 23.2 Å². The highest BCUT2D eigenvalue weighted by Gasteiger charge is 2.15. The van der Waals surface area contributed by atoms with Gasteiger partial charge in [-0.1, -0.05) is 0 Å². The van der Waals surface area contributed by atoms with Crippen molar-refractivity contribution in [3.63, 3.8) is 0 Å². The molecule has 31 heavy (non-hydrogen) atoms. The second-order valence-corrected chi connectivity index (χ2v) is 7.14. The van der Waals surface area contributed by atoms with E-state index in [9.17, 15) is 14.9 Å². The molecular weight excluding hydrogens is 400 g/mol. The van der Waals surface area contributed by atoms with Crippen molar-refractivity contribution in [3.8, 4) is 5.69 Å². The Morgan fingerprint density at radius 2 is 1.94 bits per heavy atom. The Balaban J connectivity index is 1.50. The van der Waals surface area contributed by atoms with Crippen LogP contribution in [0, 0.1) is 30.9 Å². The first-order valence-corrected chi connectivity index (χ1v) is 9.60. The Labute approximate surface area is 176 Å². The Morgan fingerprint density at radius 1 is 1.19 bits per heavy atom. The molecule has 0 saturated heterocycles. The first-order chi connectivity index (χ1) is 14.8. The predicted molar refractivity (Wildman–Crippen MR) is 112 cm³/mol. The molecule has 1 aromatic carbocycles. The summed E-state index contributed by atoms with van der Waals surface area (Å²) in [5.74, 6) is 0.848. The molecule has 0 spiro atoms. The van der Waals surface area contributed by atoms with Crippen molar-refractivity contribution in [2.24, 2.45) is 0 Å². The molecule has 0 aliphatic rings. The summed E-state index contributed by atoms with van der Waals surface area (Å²) in [4.78, 5) is 31.6. The molecule has 3 aromatic heterocycles. The number of amides is 1. The third kappa shape index (κ3) is 3.97. The van der Waals surface area contributed by atoms with Crippen LogP contribution in [0.4, 0.5) is 11.5 Å². The molecule has 0 atom stereocenters. The number of hydrogen-bond donors (Lipinski definition) is 1. The standard InChI is InChI=1S/C20H20N8O3/c1-12-10-18(27(25-12)15-4-6-16(7-5-15)28(30)31)24-19(29)9-8-17-13(2)23-20-21-11-22-26(20)14(17)3/h4-7,10-11H,8-9H2,1-3H3,(H,24,29). The number of nitrogens with zero attached hydrogens (tertiary/aromatic N) is 7. The van der Waals surface area contributed by atoms with E-state index >= 15 is 0 Å². The topological polar surface area (TPSA) is 133 Å². The Bertz CT molecular complexity index is 1290. The number of aromatic nitrogens is 6. The molecule has 11 heteroatoms. The van der Waals surface area contributed by atoms with Gasteiger partial charge in [0.15, 0.2) is 0 Å². The van der Waals surface area contributed by atoms with Crippen molar-refractivity contribution in [2.75, 3.05) is 5.32 Å². The molecule has 3 heterocycles. The summed E-state index contributed by atoms with van der Waals surface area (Å²) in [7, 11) is 0. The van der Waals surface area contributed by atoms with Gasteiger partial charge in [-0.25, -0.2) is 14.2 Å². The number of carbonyl (C=O) groups excluding carboxylic acids is 1. The van der Waals surface area contributed by atoms with E-state index in [0.717, 1.165) is 17.0 Å². The number of anilines is 1. The number of rotatable bonds is 6. The van der Waals surface area contributed by atoms with Gasteiger partial charge in [0, 0.05) is 36.0 Å². The quantitative estimate of drug-likeness (QED) is 0.374. The number of nitrogens with one attached hydrogen (secondary N) is 1. The van der Waals surface area contributed by atoms with E-state index < -0.39 is 4.92 Å². The lowest BCUT2D eigenvalue weighted by molar-refractivity contribution is -0.384. The summed E-state index contributed by atoms with van der Waals surface area (Å²) in [6.45, 7) is 5.63. The Morgan fingerprint density at radius 3 is 2.65 bits per heavy atom. The molecule has 0 saturated carbocycles. The maximum atomic E-state index is 12.7. The average molecular weight is 420 g/mol. The SMILES string of the molecule is Cc1cc(NC(=O)CCc2c(C)nc3ncnn3c2C)n(-c2ccc([N+](=O)[O-])cc2)n1. The largest absolute Gasteiger partial charge is 0.311 e. The Hall–Kier alpha value is -4.15. The molecule has 4 aromatic rings. The molecule has 158 valence electrons. The molecule has 4 rings (SSSR count). The number of aryl methyl sites for hydroxylation is 3. The fraction of sp³-hybridized carbons (Fsp3) is 0.250. The van der Waals surface area contributed by atoms with Crippen LogP contribution >= 0.6 is 0 Å². The van der Waals surface area contributed by atoms with Gasteiger partial charge in [0.25, 0.3) is 11.5 Å². The minimum absolute atomic E-state index is 0.0121. The molecule has 0 bridgehead atoms. The van der Waals surface area contributed by atoms with Gasteiger partial charge in [0.2, 0.25) is 5.91 Å². The van der Waals surface area contributed by atoms with E-state index in [0.29, 0.717) is 29.4 Å². The second kappa shape index (κ2) is 7.94. The summed E-state index contributed by atoms with van der Waals surface area (Å²) in [5, 5.41) is 22.3. The highest BCUT2D eigenvalue weighted by Crippen LogP contribution is 2.21. The van der Waals surface area contributed by atoms with E-state index in [1.807, 2.05) is 20.8 Å². The first-order valence-electron chi connectivity index (χ1n) is 9.60. The molecule has 0 radical (unpaired) electrons. The van der Waals surface area contributed by atoms with Crippen LogP contribution < -0.4 is 5.32 Å². The molecule has 0 aliphatic carbocycles. The summed E-state index contributed by atoms with van der Waals surface area (Å²) in [5.41, 5.74) is 3.98. The molecule has 11 nitrogen and oxygen atoms in total. The number of nitro benzene ring substituents is 1. The number of non-ortho nitro benzene ring substituents is 1. The third-order valence-corrected chi connectivity index (χ3v) is 4.99. The van der Waals surface area contributed by atoms with Crippen LogP contribution in [0.2, 0.25) is 0 Å². The van der Waals surface area contributed by atoms with Gasteiger partial charge in [-0.3, -0.25) is 14.9 Å². The number of fused-ring (bicyclic) bond motifs is 1. The fourth-order valence-corrected chi connectivity index (χ4v) is 3.46. The number of benzene rings is 1. The minimum Gasteiger partial charge on any atom is -0.311 e. The lowest BCUT2D eigenvalue weighted by Crippen LogP contribution is -2.16. The van der Waals surface area contributed by atoms with Gasteiger partial charge in [-0.2, -0.15) is 15.2 Å². The fourth-order valence-electron chi connectivity index (χ4n) is 3.46. The zero-order valence-electron chi connectivity index (χ0n) is 17.2. The maximum Gasteiger partial charge on any atom is 0.269 e. The van der Waals surface area contributed by atoms with Gasteiger partial charge in [0.05, 0.1) is 16.3 Å². The van der Waals surface area contributed by atoms with Gasteiger partial charge < -0.3 is 5.32 Å². The lowest BCUT2D eigenvalue weighted by Gasteiger charge is -2.11. The molecule has 0 aliphatic heterocycles. The van der Waals surface area contributed by atoms with E-state index in [4.69, 9.17) is 0 Å². The first kappa shape index (κ1) is 20.1. The van der Waals surface area contributed by atoms with Crippen LogP contribution in [0.15, 0.2) is 36.7 Å². The van der Waals surface area contributed by atoms with E-state index in [1.54, 1.807) is 27.4 Å². The van der Waals surface area contributed by atoms with Crippen LogP contribution in [-0.4, -0.2) is 40.2 Å². The van der Waals surface area contributed by atoms with Crippen LogP contribution in [0.5, 0.6) is 0 Å². The molecule has 0 fully saturated rings. The zero-order chi connectivity index (χ0) is 22.1. The van der Waals surface area contributed by atoms with E-state index in [2.05, 4.69) is 25.5 Å². The summed E-state index contributed by atoms with van der Waals surface area (Å²) < 4.78 is 3.21. The van der Waals surface area contributed by atoms with Crippen molar-refractivity contribution < 1.29 is 9.72 Å². The van der Waals surface area contributed by atoms with Gasteiger partial charge in [0.1, 0.15) is 12.1 Å². The molecule has 1 N–H and O–H groups in total. The van der Waals surface area contributed by atoms with Crippen LogP contribution in [0.3, 0.4) is 0 Å². The third-order valence-electron chi connectivity index (χ3n) is 4.99. The van der Waals surface area contributed by atoms with Gasteiger partial charge in [-0.15, -0.1) is 0 Å². The second-order valence-electron chi connectivity index (χ2n) is 7.14. The van der Waals surface area contributed by atoms with Gasteiger partial charge >= 0.3 is 0 Å². The highest BCUT2D eigenvalue weighted by atomic mass is 16.6. The smallest absolute Gasteiger partial charge is 0.269 e. The lowest BCUT2D eigenvalue weighted by atomic mass is 10.1. The van der Waals surface area contributed by atoms with Crippen LogP contribution in [0.1, 0.15) is 29.1 Å². The van der Waals surface area contributed by atoms with Crippen LogP contribution in [0.25, 0.3) is 11.5 Å². The monoisotopic (exact) mass is 420 g/mol. The van der Waals surface area contributed by atoms with Crippen molar-refractivity contribution in [1.29, 1.82) is 0 Å². The molecule has 1 amide bonds. The van der Waals surface area contributed by atoms with E-state index in [1.165, 1.54) is 18.5 Å². The number of carbonyl (C=O) groups is 1. The predicted octanol–water partition coefficient (Wildman–Crippen LogP) is 2.71. The molecule has 0 unspecified atom stereocenters.